The van der Waals surface area contributed by atoms with E-state index in [2.05, 4.69) is 15.9 Å². The Kier molecular flexibility index (Phi) is 6.69. The van der Waals surface area contributed by atoms with E-state index in [4.69, 9.17) is 13.7 Å². The molecule has 0 radical (unpaired) electrons. The minimum Gasteiger partial charge on any atom is -0.496 e. The molecule has 168 valence electrons. The van der Waals surface area contributed by atoms with Crippen LogP contribution in [-0.4, -0.2) is 38.7 Å². The van der Waals surface area contributed by atoms with Crippen LogP contribution in [0.15, 0.2) is 45.8 Å². The molecule has 7 nitrogen and oxygen atoms in total. The number of benzene rings is 2. The van der Waals surface area contributed by atoms with Crippen LogP contribution in [0.5, 0.6) is 5.75 Å². The molecule has 1 heterocycles. The predicted octanol–water partition coefficient (Wildman–Crippen LogP) is 4.96. The van der Waals surface area contributed by atoms with Gasteiger partial charge in [0, 0.05) is 0 Å². The van der Waals surface area contributed by atoms with Crippen LogP contribution in [-0.2, 0) is 25.6 Å². The van der Waals surface area contributed by atoms with E-state index < -0.39 is 27.9 Å². The number of hydrogen-bond acceptors (Lipinski definition) is 6. The van der Waals surface area contributed by atoms with Crippen molar-refractivity contribution in [1.29, 1.82) is 0 Å². The average Bonchev–Trinajstić information content (AvgIpc) is 3.05. The highest BCUT2D eigenvalue weighted by Crippen LogP contribution is 2.42. The van der Waals surface area contributed by atoms with Crippen LogP contribution >= 0.6 is 15.9 Å². The lowest BCUT2D eigenvalue weighted by atomic mass is 10.1. The zero-order valence-corrected chi connectivity index (χ0v) is 20.5. The normalized spacial score (nSPS) is 16.2. The molecular formula is C22H26BrNO6S. The quantitative estimate of drug-likeness (QED) is 0.527. The molecule has 0 saturated heterocycles. The van der Waals surface area contributed by atoms with Gasteiger partial charge in [0.2, 0.25) is 0 Å². The summed E-state index contributed by atoms with van der Waals surface area (Å²) < 4.78 is 42.4. The number of nitrogens with zero attached hydrogens (tertiary/aromatic N) is 1. The van der Waals surface area contributed by atoms with Crippen molar-refractivity contribution < 1.29 is 26.9 Å². The lowest BCUT2D eigenvalue weighted by Gasteiger charge is -2.28. The number of amides is 1. The maximum absolute atomic E-state index is 12.9. The summed E-state index contributed by atoms with van der Waals surface area (Å²) in [7, 11) is -2.43. The van der Waals surface area contributed by atoms with Gasteiger partial charge in [-0.1, -0.05) is 23.8 Å². The lowest BCUT2D eigenvalue weighted by molar-refractivity contribution is 0.0126. The summed E-state index contributed by atoms with van der Waals surface area (Å²) >= 11 is 3.53. The number of hydrogen-bond donors (Lipinski definition) is 0. The third kappa shape index (κ3) is 5.22. The average molecular weight is 512 g/mol. The number of rotatable bonds is 5. The first-order chi connectivity index (χ1) is 14.4. The van der Waals surface area contributed by atoms with Crippen molar-refractivity contribution in [3.05, 3.63) is 57.6 Å². The van der Waals surface area contributed by atoms with Crippen molar-refractivity contribution >= 4 is 32.1 Å². The number of methoxy groups -OCH3 is 1. The summed E-state index contributed by atoms with van der Waals surface area (Å²) in [5.74, 6) is 0.622. The molecule has 1 atom stereocenters. The largest absolute Gasteiger partial charge is 0.496 e. The fourth-order valence-corrected chi connectivity index (χ4v) is 4.87. The smallest absolute Gasteiger partial charge is 0.411 e. The molecule has 0 aliphatic carbocycles. The molecule has 0 saturated carbocycles. The fraction of sp³-hybridized carbons (Fsp3) is 0.409. The van der Waals surface area contributed by atoms with Crippen molar-refractivity contribution in [3.8, 4) is 5.75 Å². The van der Waals surface area contributed by atoms with Crippen LogP contribution in [0.2, 0.25) is 0 Å². The maximum atomic E-state index is 12.9. The first-order valence-corrected chi connectivity index (χ1v) is 11.9. The molecule has 2 aromatic carbocycles. The topological polar surface area (TPSA) is 82.1 Å². The molecule has 0 fully saturated rings. The fourth-order valence-electron chi connectivity index (χ4n) is 3.31. The minimum absolute atomic E-state index is 0.0658. The van der Waals surface area contributed by atoms with Crippen LogP contribution in [0.1, 0.15) is 43.5 Å². The number of aryl methyl sites for hydroxylation is 1. The molecule has 0 unspecified atom stereocenters. The monoisotopic (exact) mass is 511 g/mol. The molecule has 0 N–H and O–H groups in total. The molecule has 0 bridgehead atoms. The predicted molar refractivity (Wildman–Crippen MR) is 120 cm³/mol. The number of carbonyl (C=O) groups is 1. The Balaban J connectivity index is 1.91. The maximum Gasteiger partial charge on any atom is 0.411 e. The standard InChI is InChI=1S/C22H26BrNO6S/c1-14-6-8-15(9-7-14)31(26,27)29-13-18-16-10-11-19(28-5)20(23)17(16)12-24(18)21(25)30-22(2,3)4/h6-11,18H,12-13H2,1-5H3/t18-/m0/s1. The summed E-state index contributed by atoms with van der Waals surface area (Å²) in [5, 5.41) is 0. The minimum atomic E-state index is -3.99. The van der Waals surface area contributed by atoms with Gasteiger partial charge in [0.05, 0.1) is 35.7 Å². The Labute approximate surface area is 191 Å². The van der Waals surface area contributed by atoms with Gasteiger partial charge < -0.3 is 9.47 Å². The zero-order valence-electron chi connectivity index (χ0n) is 18.1. The Bertz CT molecular complexity index is 1080. The molecule has 0 aromatic heterocycles. The van der Waals surface area contributed by atoms with Crippen molar-refractivity contribution in [2.24, 2.45) is 0 Å². The first kappa shape index (κ1) is 23.6. The van der Waals surface area contributed by atoms with E-state index in [0.29, 0.717) is 10.2 Å². The van der Waals surface area contributed by atoms with E-state index in [1.165, 1.54) is 17.0 Å². The third-order valence-electron chi connectivity index (χ3n) is 4.85. The summed E-state index contributed by atoms with van der Waals surface area (Å²) in [5.41, 5.74) is 1.85. The third-order valence-corrected chi connectivity index (χ3v) is 7.01. The van der Waals surface area contributed by atoms with Gasteiger partial charge in [-0.15, -0.1) is 0 Å². The van der Waals surface area contributed by atoms with Gasteiger partial charge in [0.15, 0.2) is 0 Å². The van der Waals surface area contributed by atoms with Gasteiger partial charge in [-0.3, -0.25) is 9.08 Å². The second-order valence-electron chi connectivity index (χ2n) is 8.33. The van der Waals surface area contributed by atoms with E-state index >= 15 is 0 Å². The van der Waals surface area contributed by atoms with E-state index in [1.54, 1.807) is 46.1 Å². The van der Waals surface area contributed by atoms with Crippen LogP contribution < -0.4 is 4.74 Å². The Morgan fingerprint density at radius 3 is 2.39 bits per heavy atom. The highest BCUT2D eigenvalue weighted by Gasteiger charge is 2.39. The van der Waals surface area contributed by atoms with E-state index in [9.17, 15) is 13.2 Å². The van der Waals surface area contributed by atoms with Crippen molar-refractivity contribution in [3.63, 3.8) is 0 Å². The number of ether oxygens (including phenoxy) is 2. The Hall–Kier alpha value is -2.10. The first-order valence-electron chi connectivity index (χ1n) is 9.74. The van der Waals surface area contributed by atoms with Gasteiger partial charge in [0.25, 0.3) is 10.1 Å². The summed E-state index contributed by atoms with van der Waals surface area (Å²) in [4.78, 5) is 14.4. The molecule has 1 amide bonds. The summed E-state index contributed by atoms with van der Waals surface area (Å²) in [6, 6.07) is 9.36. The molecule has 2 aromatic rings. The molecular weight excluding hydrogens is 486 g/mol. The van der Waals surface area contributed by atoms with Gasteiger partial charge in [-0.25, -0.2) is 4.79 Å². The molecule has 1 aliphatic rings. The number of fused-ring (bicyclic) bond motifs is 1. The van der Waals surface area contributed by atoms with E-state index in [0.717, 1.165) is 16.7 Å². The van der Waals surface area contributed by atoms with E-state index in [-0.39, 0.29) is 18.0 Å². The van der Waals surface area contributed by atoms with Crippen LogP contribution in [0.25, 0.3) is 0 Å². The van der Waals surface area contributed by atoms with Gasteiger partial charge >= 0.3 is 6.09 Å². The highest BCUT2D eigenvalue weighted by molar-refractivity contribution is 9.10. The molecule has 3 rings (SSSR count). The van der Waals surface area contributed by atoms with Gasteiger partial charge in [-0.2, -0.15) is 8.42 Å². The van der Waals surface area contributed by atoms with E-state index in [1.807, 2.05) is 13.0 Å². The Morgan fingerprint density at radius 1 is 1.16 bits per heavy atom. The zero-order chi connectivity index (χ0) is 23.0. The summed E-state index contributed by atoms with van der Waals surface area (Å²) in [6.45, 7) is 7.21. The molecule has 9 heteroatoms. The SMILES string of the molecule is COc1ccc2c(c1Br)CN(C(=O)OC(C)(C)C)[C@H]2COS(=O)(=O)c1ccc(C)cc1. The molecule has 31 heavy (non-hydrogen) atoms. The molecule has 1 aliphatic heterocycles. The van der Waals surface area contributed by atoms with Crippen molar-refractivity contribution in [2.75, 3.05) is 13.7 Å². The second-order valence-corrected chi connectivity index (χ2v) is 10.7. The number of carbonyl (C=O) groups excluding carboxylic acids is 1. The van der Waals surface area contributed by atoms with Gasteiger partial charge in [0.1, 0.15) is 11.4 Å². The van der Waals surface area contributed by atoms with Gasteiger partial charge in [-0.05, 0) is 73.0 Å². The van der Waals surface area contributed by atoms with Crippen LogP contribution in [0.4, 0.5) is 4.79 Å². The van der Waals surface area contributed by atoms with Crippen molar-refractivity contribution in [1.82, 2.24) is 4.90 Å². The summed E-state index contributed by atoms with van der Waals surface area (Å²) in [6.07, 6.45) is -0.545. The van der Waals surface area contributed by atoms with Crippen LogP contribution in [0, 0.1) is 6.92 Å². The number of halogens is 1. The lowest BCUT2D eigenvalue weighted by Crippen LogP contribution is -2.37. The second kappa shape index (κ2) is 8.80. The van der Waals surface area contributed by atoms with Crippen LogP contribution in [0.3, 0.4) is 0 Å². The molecule has 0 spiro atoms. The van der Waals surface area contributed by atoms with Crippen molar-refractivity contribution in [2.45, 2.75) is 50.8 Å². The Morgan fingerprint density at radius 2 is 1.81 bits per heavy atom. The highest BCUT2D eigenvalue weighted by atomic mass is 79.9.